The van der Waals surface area contributed by atoms with E-state index in [0.717, 1.165) is 50.8 Å². The van der Waals surface area contributed by atoms with E-state index in [4.69, 9.17) is 11.6 Å². The standard InChI is InChI=1S/C17H22ClNO2/c18-15-4-1-3-14(11-15)17(7-2-8-17)16(21)19-9-5-13(12-20)6-10-19/h1,3-4,11,13,20H,2,5-10,12H2. The summed E-state index contributed by atoms with van der Waals surface area (Å²) in [6, 6.07) is 7.76. The number of benzene rings is 1. The number of nitrogens with zero attached hydrogens (tertiary/aromatic N) is 1. The van der Waals surface area contributed by atoms with Crippen molar-refractivity contribution < 1.29 is 9.90 Å². The van der Waals surface area contributed by atoms with Gasteiger partial charge in [0.15, 0.2) is 0 Å². The van der Waals surface area contributed by atoms with Crippen molar-refractivity contribution in [2.45, 2.75) is 37.5 Å². The SMILES string of the molecule is O=C(N1CCC(CO)CC1)C1(c2cccc(Cl)c2)CCC1. The molecule has 0 aromatic heterocycles. The third-order valence-corrected chi connectivity index (χ3v) is 5.39. The van der Waals surface area contributed by atoms with Gasteiger partial charge in [-0.1, -0.05) is 30.2 Å². The number of halogens is 1. The van der Waals surface area contributed by atoms with E-state index in [1.807, 2.05) is 29.2 Å². The zero-order chi connectivity index (χ0) is 14.9. The van der Waals surface area contributed by atoms with E-state index in [2.05, 4.69) is 0 Å². The minimum absolute atomic E-state index is 0.238. The van der Waals surface area contributed by atoms with Crippen LogP contribution in [-0.2, 0) is 10.2 Å². The van der Waals surface area contributed by atoms with E-state index in [1.54, 1.807) is 0 Å². The van der Waals surface area contributed by atoms with Crippen LogP contribution in [-0.4, -0.2) is 35.6 Å². The Morgan fingerprint density at radius 1 is 1.33 bits per heavy atom. The van der Waals surface area contributed by atoms with Gasteiger partial charge in [0.1, 0.15) is 0 Å². The number of amides is 1. The molecule has 3 nitrogen and oxygen atoms in total. The Morgan fingerprint density at radius 3 is 2.57 bits per heavy atom. The van der Waals surface area contributed by atoms with E-state index in [0.29, 0.717) is 10.9 Å². The van der Waals surface area contributed by atoms with Crippen LogP contribution in [0.2, 0.25) is 5.02 Å². The highest BCUT2D eigenvalue weighted by Gasteiger charge is 2.48. The van der Waals surface area contributed by atoms with E-state index < -0.39 is 0 Å². The van der Waals surface area contributed by atoms with Crippen LogP contribution in [0, 0.1) is 5.92 Å². The van der Waals surface area contributed by atoms with Crippen molar-refractivity contribution in [1.29, 1.82) is 0 Å². The summed E-state index contributed by atoms with van der Waals surface area (Å²) in [5, 5.41) is 9.92. The minimum Gasteiger partial charge on any atom is -0.396 e. The average molecular weight is 308 g/mol. The first-order chi connectivity index (χ1) is 10.2. The summed E-state index contributed by atoms with van der Waals surface area (Å²) in [5.41, 5.74) is 0.715. The van der Waals surface area contributed by atoms with Crippen molar-refractivity contribution >= 4 is 17.5 Å². The second-order valence-corrected chi connectivity index (χ2v) is 6.80. The Labute approximate surface area is 130 Å². The summed E-state index contributed by atoms with van der Waals surface area (Å²) in [6.45, 7) is 1.78. The molecule has 1 aliphatic carbocycles. The second-order valence-electron chi connectivity index (χ2n) is 6.36. The zero-order valence-corrected chi connectivity index (χ0v) is 13.0. The monoisotopic (exact) mass is 307 g/mol. The maximum absolute atomic E-state index is 13.0. The summed E-state index contributed by atoms with van der Waals surface area (Å²) in [6.07, 6.45) is 4.77. The van der Waals surface area contributed by atoms with Gasteiger partial charge >= 0.3 is 0 Å². The topological polar surface area (TPSA) is 40.5 Å². The highest BCUT2D eigenvalue weighted by molar-refractivity contribution is 6.30. The maximum Gasteiger partial charge on any atom is 0.233 e. The fraction of sp³-hybridized carbons (Fsp3) is 0.588. The Balaban J connectivity index is 1.78. The molecular weight excluding hydrogens is 286 g/mol. The molecule has 0 atom stereocenters. The summed E-state index contributed by atoms with van der Waals surface area (Å²) >= 11 is 6.11. The number of carbonyl (C=O) groups is 1. The fourth-order valence-electron chi connectivity index (χ4n) is 3.56. The Kier molecular flexibility index (Phi) is 4.23. The molecule has 1 aromatic rings. The predicted molar refractivity (Wildman–Crippen MR) is 83.4 cm³/mol. The second kappa shape index (κ2) is 5.98. The minimum atomic E-state index is -0.350. The molecule has 2 aliphatic rings. The van der Waals surface area contributed by atoms with Crippen molar-refractivity contribution in [2.24, 2.45) is 5.92 Å². The number of aliphatic hydroxyl groups excluding tert-OH is 1. The average Bonchev–Trinajstić information content (AvgIpc) is 2.46. The van der Waals surface area contributed by atoms with Crippen LogP contribution in [0.1, 0.15) is 37.7 Å². The van der Waals surface area contributed by atoms with E-state index in [1.165, 1.54) is 0 Å². The molecule has 3 rings (SSSR count). The van der Waals surface area contributed by atoms with Gasteiger partial charge in [0, 0.05) is 24.7 Å². The molecule has 0 spiro atoms. The van der Waals surface area contributed by atoms with Crippen LogP contribution in [0.5, 0.6) is 0 Å². The van der Waals surface area contributed by atoms with E-state index >= 15 is 0 Å². The van der Waals surface area contributed by atoms with Crippen molar-refractivity contribution in [2.75, 3.05) is 19.7 Å². The molecule has 1 aromatic carbocycles. The summed E-state index contributed by atoms with van der Waals surface area (Å²) in [5.74, 6) is 0.616. The lowest BCUT2D eigenvalue weighted by Crippen LogP contribution is -2.53. The number of piperidine rings is 1. The molecule has 4 heteroatoms. The molecule has 1 amide bonds. The number of rotatable bonds is 3. The zero-order valence-electron chi connectivity index (χ0n) is 12.2. The highest BCUT2D eigenvalue weighted by Crippen LogP contribution is 2.46. The quantitative estimate of drug-likeness (QED) is 0.932. The van der Waals surface area contributed by atoms with Gasteiger partial charge in [-0.05, 0) is 49.3 Å². The van der Waals surface area contributed by atoms with Gasteiger partial charge in [-0.15, -0.1) is 0 Å². The Hall–Kier alpha value is -1.06. The van der Waals surface area contributed by atoms with Crippen LogP contribution in [0.3, 0.4) is 0 Å². The van der Waals surface area contributed by atoms with Gasteiger partial charge in [-0.2, -0.15) is 0 Å². The van der Waals surface area contributed by atoms with Crippen LogP contribution in [0.25, 0.3) is 0 Å². The molecule has 2 fully saturated rings. The smallest absolute Gasteiger partial charge is 0.233 e. The normalized spacial score (nSPS) is 21.9. The first kappa shape index (κ1) is 14.9. The molecule has 1 N–H and O–H groups in total. The van der Waals surface area contributed by atoms with Gasteiger partial charge in [-0.3, -0.25) is 4.79 Å². The molecule has 0 unspecified atom stereocenters. The summed E-state index contributed by atoms with van der Waals surface area (Å²) in [4.78, 5) is 15.0. The lowest BCUT2D eigenvalue weighted by atomic mass is 9.63. The molecule has 1 heterocycles. The van der Waals surface area contributed by atoms with E-state index in [9.17, 15) is 9.90 Å². The first-order valence-electron chi connectivity index (χ1n) is 7.82. The Morgan fingerprint density at radius 2 is 2.05 bits per heavy atom. The van der Waals surface area contributed by atoms with Crippen LogP contribution in [0.15, 0.2) is 24.3 Å². The van der Waals surface area contributed by atoms with Crippen LogP contribution >= 0.6 is 11.6 Å². The van der Waals surface area contributed by atoms with Crippen LogP contribution < -0.4 is 0 Å². The summed E-state index contributed by atoms with van der Waals surface area (Å²) < 4.78 is 0. The van der Waals surface area contributed by atoms with Gasteiger partial charge < -0.3 is 10.0 Å². The number of hydrogen-bond donors (Lipinski definition) is 1. The third kappa shape index (κ3) is 2.69. The van der Waals surface area contributed by atoms with E-state index in [-0.39, 0.29) is 17.9 Å². The molecule has 1 saturated heterocycles. The number of hydrogen-bond acceptors (Lipinski definition) is 2. The fourth-order valence-corrected chi connectivity index (χ4v) is 3.75. The van der Waals surface area contributed by atoms with Gasteiger partial charge in [-0.25, -0.2) is 0 Å². The maximum atomic E-state index is 13.0. The van der Waals surface area contributed by atoms with Crippen molar-refractivity contribution in [3.8, 4) is 0 Å². The van der Waals surface area contributed by atoms with Crippen LogP contribution in [0.4, 0.5) is 0 Å². The van der Waals surface area contributed by atoms with Crippen molar-refractivity contribution in [1.82, 2.24) is 4.90 Å². The molecule has 21 heavy (non-hydrogen) atoms. The number of likely N-dealkylation sites (tertiary alicyclic amines) is 1. The third-order valence-electron chi connectivity index (χ3n) is 5.15. The van der Waals surface area contributed by atoms with Gasteiger partial charge in [0.05, 0.1) is 5.41 Å². The molecule has 1 aliphatic heterocycles. The van der Waals surface area contributed by atoms with Gasteiger partial charge in [0.25, 0.3) is 0 Å². The van der Waals surface area contributed by atoms with Crippen molar-refractivity contribution in [3.63, 3.8) is 0 Å². The molecule has 1 saturated carbocycles. The number of aliphatic hydroxyl groups is 1. The lowest BCUT2D eigenvalue weighted by molar-refractivity contribution is -0.142. The molecule has 0 radical (unpaired) electrons. The summed E-state index contributed by atoms with van der Waals surface area (Å²) in [7, 11) is 0. The number of carbonyl (C=O) groups excluding carboxylic acids is 1. The highest BCUT2D eigenvalue weighted by atomic mass is 35.5. The molecule has 0 bridgehead atoms. The Bertz CT molecular complexity index is 519. The molecule has 114 valence electrons. The van der Waals surface area contributed by atoms with Gasteiger partial charge in [0.2, 0.25) is 5.91 Å². The molecular formula is C17H22ClNO2. The largest absolute Gasteiger partial charge is 0.396 e. The predicted octanol–water partition coefficient (Wildman–Crippen LogP) is 2.99. The lowest BCUT2D eigenvalue weighted by Gasteiger charge is -2.45. The first-order valence-corrected chi connectivity index (χ1v) is 8.20. The van der Waals surface area contributed by atoms with Crippen molar-refractivity contribution in [3.05, 3.63) is 34.9 Å².